The van der Waals surface area contributed by atoms with Gasteiger partial charge in [0.05, 0.1) is 11.7 Å². The molecule has 1 aromatic carbocycles. The van der Waals surface area contributed by atoms with E-state index in [1.54, 1.807) is 12.1 Å². The molecular formula is C20H27FN4. The van der Waals surface area contributed by atoms with Crippen molar-refractivity contribution in [1.29, 1.82) is 0 Å². The van der Waals surface area contributed by atoms with Crippen molar-refractivity contribution in [2.75, 3.05) is 27.2 Å². The van der Waals surface area contributed by atoms with Crippen LogP contribution in [0, 0.1) is 12.7 Å². The fourth-order valence-corrected chi connectivity index (χ4v) is 3.59. The van der Waals surface area contributed by atoms with Gasteiger partial charge in [-0.25, -0.2) is 14.4 Å². The van der Waals surface area contributed by atoms with Gasteiger partial charge in [-0.1, -0.05) is 12.1 Å². The topological polar surface area (TPSA) is 32.3 Å². The molecule has 1 aliphatic heterocycles. The number of hydrogen-bond donors (Lipinski definition) is 0. The van der Waals surface area contributed by atoms with E-state index in [2.05, 4.69) is 28.9 Å². The van der Waals surface area contributed by atoms with Crippen molar-refractivity contribution < 1.29 is 4.39 Å². The lowest BCUT2D eigenvalue weighted by Gasteiger charge is -2.26. The molecule has 4 nitrogen and oxygen atoms in total. The number of aromatic nitrogens is 2. The first-order valence-corrected chi connectivity index (χ1v) is 8.98. The van der Waals surface area contributed by atoms with Crippen LogP contribution in [0.15, 0.2) is 30.5 Å². The third-order valence-corrected chi connectivity index (χ3v) is 4.79. The standard InChI is InChI=1S/C20H27FN4/c1-15-22-13-17(14-24(2)3)20(23-15)19-5-4-11-25(19)12-10-16-6-8-18(21)9-7-16/h6-9,13,19H,4-5,10-12,14H2,1-3H3/t19-/m0/s1. The van der Waals surface area contributed by atoms with E-state index in [-0.39, 0.29) is 5.82 Å². The SMILES string of the molecule is Cc1ncc(CN(C)C)c([C@@H]2CCCN2CCc2ccc(F)cc2)n1. The minimum absolute atomic E-state index is 0.174. The van der Waals surface area contributed by atoms with Gasteiger partial charge < -0.3 is 4.90 Å². The molecule has 2 aromatic rings. The molecule has 1 saturated heterocycles. The number of nitrogens with zero attached hydrogens (tertiary/aromatic N) is 4. The maximum atomic E-state index is 13.1. The first-order chi connectivity index (χ1) is 12.0. The van der Waals surface area contributed by atoms with E-state index in [9.17, 15) is 4.39 Å². The molecule has 134 valence electrons. The van der Waals surface area contributed by atoms with E-state index in [4.69, 9.17) is 4.98 Å². The molecule has 25 heavy (non-hydrogen) atoms. The molecule has 0 radical (unpaired) electrons. The Bertz CT molecular complexity index is 699. The molecule has 1 aliphatic rings. The third-order valence-electron chi connectivity index (χ3n) is 4.79. The van der Waals surface area contributed by atoms with Crippen molar-refractivity contribution in [2.45, 2.75) is 38.8 Å². The second kappa shape index (κ2) is 8.02. The van der Waals surface area contributed by atoms with Crippen molar-refractivity contribution in [3.63, 3.8) is 0 Å². The van der Waals surface area contributed by atoms with Crippen LogP contribution >= 0.6 is 0 Å². The molecule has 3 rings (SSSR count). The summed E-state index contributed by atoms with van der Waals surface area (Å²) in [6.45, 7) is 4.88. The quantitative estimate of drug-likeness (QED) is 0.806. The zero-order valence-electron chi connectivity index (χ0n) is 15.4. The Morgan fingerprint density at radius 2 is 2.00 bits per heavy atom. The lowest BCUT2D eigenvalue weighted by atomic mass is 10.0. The van der Waals surface area contributed by atoms with E-state index in [0.29, 0.717) is 6.04 Å². The van der Waals surface area contributed by atoms with Crippen LogP contribution in [0.1, 0.15) is 41.5 Å². The summed E-state index contributed by atoms with van der Waals surface area (Å²) >= 11 is 0. The van der Waals surface area contributed by atoms with E-state index in [0.717, 1.165) is 38.3 Å². The summed E-state index contributed by atoms with van der Waals surface area (Å²) in [4.78, 5) is 13.9. The van der Waals surface area contributed by atoms with Crippen molar-refractivity contribution in [3.05, 3.63) is 58.9 Å². The van der Waals surface area contributed by atoms with Crippen molar-refractivity contribution in [2.24, 2.45) is 0 Å². The summed E-state index contributed by atoms with van der Waals surface area (Å²) in [7, 11) is 4.15. The largest absolute Gasteiger partial charge is 0.305 e. The highest BCUT2D eigenvalue weighted by molar-refractivity contribution is 5.23. The summed E-state index contributed by atoms with van der Waals surface area (Å²) in [5, 5.41) is 0. The Kier molecular flexibility index (Phi) is 5.76. The summed E-state index contributed by atoms with van der Waals surface area (Å²) in [5.41, 5.74) is 3.58. The third kappa shape index (κ3) is 4.61. The van der Waals surface area contributed by atoms with Gasteiger partial charge in [0, 0.05) is 24.8 Å². The van der Waals surface area contributed by atoms with E-state index in [1.165, 1.54) is 23.2 Å². The highest BCUT2D eigenvalue weighted by Gasteiger charge is 2.29. The molecule has 0 spiro atoms. The van der Waals surface area contributed by atoms with Crippen LogP contribution in [0.5, 0.6) is 0 Å². The van der Waals surface area contributed by atoms with Gasteiger partial charge in [0.2, 0.25) is 0 Å². The summed E-state index contributed by atoms with van der Waals surface area (Å²) < 4.78 is 13.1. The monoisotopic (exact) mass is 342 g/mol. The van der Waals surface area contributed by atoms with Crippen molar-refractivity contribution in [3.8, 4) is 0 Å². The summed E-state index contributed by atoms with van der Waals surface area (Å²) in [6, 6.07) is 7.20. The van der Waals surface area contributed by atoms with E-state index < -0.39 is 0 Å². The normalized spacial score (nSPS) is 18.2. The first-order valence-electron chi connectivity index (χ1n) is 8.98. The number of rotatable bonds is 6. The highest BCUT2D eigenvalue weighted by atomic mass is 19.1. The van der Waals surface area contributed by atoms with Gasteiger partial charge in [-0.3, -0.25) is 4.90 Å². The maximum absolute atomic E-state index is 13.1. The average molecular weight is 342 g/mol. The number of aryl methyl sites for hydroxylation is 1. The summed E-state index contributed by atoms with van der Waals surface area (Å²) in [6.07, 6.45) is 5.25. The Morgan fingerprint density at radius 3 is 2.72 bits per heavy atom. The zero-order valence-corrected chi connectivity index (χ0v) is 15.4. The van der Waals surface area contributed by atoms with E-state index >= 15 is 0 Å². The molecule has 0 amide bonds. The smallest absolute Gasteiger partial charge is 0.125 e. The molecule has 1 fully saturated rings. The Balaban J connectivity index is 1.74. The van der Waals surface area contributed by atoms with E-state index in [1.807, 2.05) is 25.3 Å². The van der Waals surface area contributed by atoms with Crippen LogP contribution in [-0.2, 0) is 13.0 Å². The van der Waals surface area contributed by atoms with Gasteiger partial charge in [-0.05, 0) is 64.5 Å². The Labute approximate surface area is 149 Å². The van der Waals surface area contributed by atoms with Crippen molar-refractivity contribution in [1.82, 2.24) is 19.8 Å². The molecule has 1 atom stereocenters. The number of halogens is 1. The van der Waals surface area contributed by atoms with Crippen LogP contribution in [-0.4, -0.2) is 47.0 Å². The molecule has 5 heteroatoms. The van der Waals surface area contributed by atoms with Crippen LogP contribution in [0.3, 0.4) is 0 Å². The predicted octanol–water partition coefficient (Wildman–Crippen LogP) is 3.37. The molecular weight excluding hydrogens is 315 g/mol. The lowest BCUT2D eigenvalue weighted by molar-refractivity contribution is 0.252. The lowest BCUT2D eigenvalue weighted by Crippen LogP contribution is -2.28. The molecule has 0 unspecified atom stereocenters. The second-order valence-electron chi connectivity index (χ2n) is 7.14. The Hall–Kier alpha value is -1.85. The molecule has 2 heterocycles. The predicted molar refractivity (Wildman–Crippen MR) is 97.8 cm³/mol. The van der Waals surface area contributed by atoms with Crippen LogP contribution in [0.4, 0.5) is 4.39 Å². The molecule has 0 aliphatic carbocycles. The van der Waals surface area contributed by atoms with Crippen LogP contribution in [0.2, 0.25) is 0 Å². The molecule has 0 saturated carbocycles. The maximum Gasteiger partial charge on any atom is 0.125 e. The van der Waals surface area contributed by atoms with Gasteiger partial charge in [0.1, 0.15) is 11.6 Å². The fourth-order valence-electron chi connectivity index (χ4n) is 3.59. The number of hydrogen-bond acceptors (Lipinski definition) is 4. The van der Waals surface area contributed by atoms with Crippen LogP contribution < -0.4 is 0 Å². The zero-order chi connectivity index (χ0) is 17.8. The molecule has 1 aromatic heterocycles. The van der Waals surface area contributed by atoms with Gasteiger partial charge >= 0.3 is 0 Å². The Morgan fingerprint density at radius 1 is 1.24 bits per heavy atom. The fraction of sp³-hybridized carbons (Fsp3) is 0.500. The number of benzene rings is 1. The highest BCUT2D eigenvalue weighted by Crippen LogP contribution is 2.33. The molecule has 0 bridgehead atoms. The average Bonchev–Trinajstić information content (AvgIpc) is 3.04. The second-order valence-corrected chi connectivity index (χ2v) is 7.14. The minimum Gasteiger partial charge on any atom is -0.305 e. The van der Waals surface area contributed by atoms with Gasteiger partial charge in [-0.2, -0.15) is 0 Å². The van der Waals surface area contributed by atoms with Gasteiger partial charge in [-0.15, -0.1) is 0 Å². The number of likely N-dealkylation sites (tertiary alicyclic amines) is 1. The van der Waals surface area contributed by atoms with Gasteiger partial charge in [0.15, 0.2) is 0 Å². The van der Waals surface area contributed by atoms with Gasteiger partial charge in [0.25, 0.3) is 0 Å². The summed E-state index contributed by atoms with van der Waals surface area (Å²) in [5.74, 6) is 0.662. The molecule has 0 N–H and O–H groups in total. The minimum atomic E-state index is -0.174. The van der Waals surface area contributed by atoms with Crippen molar-refractivity contribution >= 4 is 0 Å². The first kappa shape index (κ1) is 18.0. The van der Waals surface area contributed by atoms with Crippen LogP contribution in [0.25, 0.3) is 0 Å².